The van der Waals surface area contributed by atoms with Gasteiger partial charge in [-0.2, -0.15) is 0 Å². The molecular weight excluding hydrogens is 1910 g/mol. The highest BCUT2D eigenvalue weighted by Gasteiger charge is 2.41. The fraction of sp³-hybridized carbons (Fsp3) is 0.592. The van der Waals surface area contributed by atoms with Crippen molar-refractivity contribution in [2.75, 3.05) is 45.2 Å². The van der Waals surface area contributed by atoms with E-state index >= 15 is 0 Å². The van der Waals surface area contributed by atoms with Crippen molar-refractivity contribution < 1.29 is 58.0 Å². The third kappa shape index (κ3) is 28.0. The molecule has 4 fully saturated rings. The number of fused-ring (bicyclic) bond motifs is 6. The minimum Gasteiger partial charge on any atom is -0.390 e. The van der Waals surface area contributed by atoms with Crippen LogP contribution in [0, 0.1) is 45.4 Å². The van der Waals surface area contributed by atoms with Gasteiger partial charge in [0.25, 0.3) is 0 Å². The smallest absolute Gasteiger partial charge is 0.229 e. The van der Waals surface area contributed by atoms with Crippen molar-refractivity contribution in [3.05, 3.63) is 103 Å². The van der Waals surface area contributed by atoms with E-state index in [1.807, 2.05) is 162 Å². The number of aliphatic hydroxyl groups is 4. The van der Waals surface area contributed by atoms with Crippen LogP contribution in [0.25, 0.3) is 67.0 Å². The molecule has 40 heteroatoms. The number of aryl methyl sites for hydroxylation is 5. The SMILES string of the molecule is CC(CF)(CF)CC(=O)Nc1nc2ccc(Cl)nc2n1C1CCC1.CCC(C)(O)CC(=O)Nc1nc2cc(C)c(C)nc2n1C(C)(C)C.CCC(C)(O)CC(=O)Nc1nc2cc(C)c(Cl)nc2n1C(C)(C)C.CCC(C)(O)CC(=O)Nc1nc2cc(C)c(Cl)nc2n1C1(C)CCC1.CCC(C)(O)CC(=O)Nc1nc2ccc(Cl)nc2n1C1CCC1.Cc1ccc2nc(NC(=O)CC3(C)CCC3)n(C(C)(C)C)c2n1. The predicted molar refractivity (Wildman–Crippen MR) is 562 cm³/mol. The first-order chi connectivity index (χ1) is 66.6. The van der Waals surface area contributed by atoms with E-state index in [2.05, 4.69) is 126 Å². The summed E-state index contributed by atoms with van der Waals surface area (Å²) in [4.78, 5) is 128. The van der Waals surface area contributed by atoms with Crippen LogP contribution in [0.3, 0.4) is 0 Å². The second kappa shape index (κ2) is 44.8. The van der Waals surface area contributed by atoms with Crippen LogP contribution in [-0.2, 0) is 50.9 Å². The van der Waals surface area contributed by atoms with Crippen molar-refractivity contribution >= 4 is 185 Å². The van der Waals surface area contributed by atoms with Gasteiger partial charge >= 0.3 is 0 Å². The summed E-state index contributed by atoms with van der Waals surface area (Å²) in [5.41, 5.74) is 6.89. The number of nitrogens with one attached hydrogen (secondary N) is 6. The summed E-state index contributed by atoms with van der Waals surface area (Å²) in [7, 11) is 0. The lowest BCUT2D eigenvalue weighted by atomic mass is 9.68. The molecule has 4 unspecified atom stereocenters. The Balaban J connectivity index is 0.000000164. The van der Waals surface area contributed by atoms with Crippen LogP contribution < -0.4 is 31.9 Å². The summed E-state index contributed by atoms with van der Waals surface area (Å²) >= 11 is 24.4. The summed E-state index contributed by atoms with van der Waals surface area (Å²) in [6.45, 7) is 46.1. The van der Waals surface area contributed by atoms with Crippen LogP contribution in [0.2, 0.25) is 20.6 Å². The number of pyridine rings is 6. The number of halogens is 6. The van der Waals surface area contributed by atoms with Crippen LogP contribution in [0.4, 0.5) is 44.5 Å². The van der Waals surface area contributed by atoms with Crippen LogP contribution >= 0.6 is 46.4 Å². The van der Waals surface area contributed by atoms with Crippen molar-refractivity contribution in [3.8, 4) is 0 Å². The van der Waals surface area contributed by atoms with Gasteiger partial charge in [0.05, 0.1) is 61.4 Å². The molecule has 0 aromatic carbocycles. The molecule has 4 aliphatic rings. The van der Waals surface area contributed by atoms with E-state index in [-0.39, 0.29) is 101 Å². The number of anilines is 6. The maximum Gasteiger partial charge on any atom is 0.229 e. The maximum absolute atomic E-state index is 13.0. The second-order valence-corrected chi connectivity index (χ2v) is 45.6. The molecule has 12 heterocycles. The average Bonchev–Trinajstić information content (AvgIpc) is 1.60. The Morgan fingerprint density at radius 3 is 1.04 bits per heavy atom. The first-order valence-electron chi connectivity index (χ1n) is 49.3. The number of hydrogen-bond acceptors (Lipinski definition) is 22. The molecule has 0 spiro atoms. The third-order valence-corrected chi connectivity index (χ3v) is 28.4. The standard InChI is InChI=1S/C18H25ClN4O2.C18H28N4O2.C18H26N4O.C17H25ClN4O2.C16H19ClF2N4O.C16H21ClN4O2/c1-5-18(4,25)10-13(24)21-16-20-12-9-11(2)14(19)22-15(12)23(16)17(3)7-6-8-17;1-8-18(7,24)10-14(23)21-16-20-13-9-11(2)12(3)19-15(13)22(16)17(4,5)6;1-12-7-8-13-15(19-12)22(17(2,3)4)16(20-13)21-14(23)11-18(5)9-6-10-18;1-7-17(6,24)9-12(23)20-15-19-11-8-10(2)13(18)21-14(11)22(15)16(3,4)5;1-16(8-18,9-19)7-13(24)22-15-20-11-5-6-12(17)21-14(11)23(15)10-3-2-4-10;1-3-16(2,23)9-13(22)20-15-18-11-7-8-12(17)19-14(11)21(15)10-5-4-6-10/h9,25H,5-8,10H2,1-4H3,(H,20,21,24);9,24H,8,10H2,1-7H3,(H,20,21,23);7-8H,6,9-11H2,1-5H3,(H,20,21,23);8,24H,7,9H2,1-6H3,(H,19,20,23);5-6,10H,2-4,7-9H2,1H3,(H,20,22,24);7-8,10,23H,3-6,9H2,1-2H3,(H,18,20,22). The molecule has 12 aromatic heterocycles. The lowest BCUT2D eigenvalue weighted by Gasteiger charge is -2.40. The maximum atomic E-state index is 13.0. The molecule has 4 saturated carbocycles. The summed E-state index contributed by atoms with van der Waals surface area (Å²) in [5.74, 6) is 1.32. The van der Waals surface area contributed by atoms with Crippen molar-refractivity contribution in [2.45, 2.75) is 371 Å². The third-order valence-electron chi connectivity index (χ3n) is 27.2. The normalized spacial score (nSPS) is 16.4. The van der Waals surface area contributed by atoms with Gasteiger partial charge in [0.2, 0.25) is 71.1 Å². The molecule has 10 N–H and O–H groups in total. The van der Waals surface area contributed by atoms with Gasteiger partial charge in [-0.1, -0.05) is 94.4 Å². The average molecular weight is 2060 g/mol. The fourth-order valence-corrected chi connectivity index (χ4v) is 17.4. The second-order valence-electron chi connectivity index (χ2n) is 44.1. The van der Waals surface area contributed by atoms with E-state index in [0.717, 1.165) is 121 Å². The molecule has 34 nitrogen and oxygen atoms in total. The number of nitrogens with zero attached hydrogens (tertiary/aromatic N) is 18. The number of hydrogen-bond donors (Lipinski definition) is 10. The molecule has 12 aromatic rings. The largest absolute Gasteiger partial charge is 0.390 e. The monoisotopic (exact) mass is 2060 g/mol. The molecule has 6 amide bonds. The van der Waals surface area contributed by atoms with E-state index in [4.69, 9.17) is 46.4 Å². The van der Waals surface area contributed by atoms with E-state index in [9.17, 15) is 58.0 Å². The van der Waals surface area contributed by atoms with E-state index in [1.54, 1.807) is 52.0 Å². The van der Waals surface area contributed by atoms with Crippen molar-refractivity contribution in [1.29, 1.82) is 0 Å². The minimum absolute atomic E-state index is 0.00403. The summed E-state index contributed by atoms with van der Waals surface area (Å²) in [6.07, 6.45) is 15.3. The zero-order valence-electron chi connectivity index (χ0n) is 87.4. The highest BCUT2D eigenvalue weighted by atomic mass is 35.5. The molecule has 0 aliphatic heterocycles. The molecular formula is C103H144Cl4F2N24O10. The van der Waals surface area contributed by atoms with Crippen molar-refractivity contribution in [2.24, 2.45) is 10.8 Å². The molecule has 4 aliphatic carbocycles. The van der Waals surface area contributed by atoms with Gasteiger partial charge in [0.1, 0.15) is 53.7 Å². The van der Waals surface area contributed by atoms with Crippen LogP contribution in [0.5, 0.6) is 0 Å². The Labute approximate surface area is 854 Å². The van der Waals surface area contributed by atoms with E-state index in [0.29, 0.717) is 133 Å². The fourth-order valence-electron chi connectivity index (χ4n) is 16.9. The van der Waals surface area contributed by atoms with Gasteiger partial charge in [-0.05, 0) is 305 Å². The van der Waals surface area contributed by atoms with Gasteiger partial charge in [0.15, 0.2) is 33.9 Å². The Bertz CT molecular complexity index is 6520. The van der Waals surface area contributed by atoms with Gasteiger partial charge in [-0.3, -0.25) is 96.9 Å². The lowest BCUT2D eigenvalue weighted by Crippen LogP contribution is -2.39. The molecule has 0 bridgehead atoms. The summed E-state index contributed by atoms with van der Waals surface area (Å²) in [5, 5.41) is 59.1. The Hall–Kier alpha value is -10.6. The van der Waals surface area contributed by atoms with Crippen LogP contribution in [0.15, 0.2) is 54.6 Å². The lowest BCUT2D eigenvalue weighted by molar-refractivity contribution is -0.121. The van der Waals surface area contributed by atoms with Crippen LogP contribution in [-0.4, -0.2) is 179 Å². The summed E-state index contributed by atoms with van der Waals surface area (Å²) in [6, 6.07) is 17.0. The van der Waals surface area contributed by atoms with Crippen LogP contribution in [0.1, 0.15) is 320 Å². The van der Waals surface area contributed by atoms with Gasteiger partial charge < -0.3 is 20.4 Å². The first-order valence-corrected chi connectivity index (χ1v) is 50.8. The number of carbonyl (C=O) groups excluding carboxylic acids is 6. The van der Waals surface area contributed by atoms with Gasteiger partial charge in [0, 0.05) is 63.9 Å². The zero-order chi connectivity index (χ0) is 106. The molecule has 0 radical (unpaired) electrons. The Morgan fingerprint density at radius 1 is 0.371 bits per heavy atom. The summed E-state index contributed by atoms with van der Waals surface area (Å²) < 4.78 is 37.6. The van der Waals surface area contributed by atoms with Crippen molar-refractivity contribution in [3.63, 3.8) is 0 Å². The molecule has 778 valence electrons. The molecule has 143 heavy (non-hydrogen) atoms. The highest BCUT2D eigenvalue weighted by molar-refractivity contribution is 6.31. The van der Waals surface area contributed by atoms with Crippen molar-refractivity contribution in [1.82, 2.24) is 87.2 Å². The number of imidazole rings is 6. The number of carbonyl (C=O) groups is 6. The number of aromatic nitrogens is 18. The van der Waals surface area contributed by atoms with E-state index < -0.39 is 47.1 Å². The molecule has 4 atom stereocenters. The van der Waals surface area contributed by atoms with Gasteiger partial charge in [-0.25, -0.2) is 59.8 Å². The van der Waals surface area contributed by atoms with E-state index in [1.165, 1.54) is 13.3 Å². The minimum atomic E-state index is -1.31. The Morgan fingerprint density at radius 2 is 0.685 bits per heavy atom. The predicted octanol–water partition coefficient (Wildman–Crippen LogP) is 22.1. The van der Waals surface area contributed by atoms with Gasteiger partial charge in [-0.15, -0.1) is 0 Å². The topological polar surface area (TPSA) is 440 Å². The first kappa shape index (κ1) is 113. The zero-order valence-corrected chi connectivity index (χ0v) is 90.4. The molecule has 16 rings (SSSR count). The number of alkyl halides is 2. The highest BCUT2D eigenvalue weighted by Crippen LogP contribution is 2.47. The number of amides is 6. The molecule has 0 saturated heterocycles. The Kier molecular flexibility index (Phi) is 35.3. The quantitative estimate of drug-likeness (QED) is 0.0214. The number of rotatable bonds is 27.